The van der Waals surface area contributed by atoms with Gasteiger partial charge in [0.05, 0.1) is 0 Å². The zero-order chi connectivity index (χ0) is 14.7. The minimum absolute atomic E-state index is 0.691. The predicted octanol–water partition coefficient (Wildman–Crippen LogP) is 5.05. The van der Waals surface area contributed by atoms with E-state index in [0.29, 0.717) is 6.04 Å². The zero-order valence-electron chi connectivity index (χ0n) is 13.7. The molecule has 0 spiro atoms. The molecule has 1 heterocycles. The molecule has 21 heavy (non-hydrogen) atoms. The summed E-state index contributed by atoms with van der Waals surface area (Å²) in [6, 6.07) is 5.38. The van der Waals surface area contributed by atoms with Gasteiger partial charge in [0.25, 0.3) is 0 Å². The molecule has 2 saturated carbocycles. The van der Waals surface area contributed by atoms with Crippen molar-refractivity contribution in [3.8, 4) is 0 Å². The lowest BCUT2D eigenvalue weighted by Crippen LogP contribution is -2.40. The normalized spacial score (nSPS) is 30.9. The minimum Gasteiger partial charge on any atom is -0.316 e. The molecule has 1 nitrogen and oxygen atoms in total. The Labute approximate surface area is 134 Å². The van der Waals surface area contributed by atoms with E-state index in [1.807, 2.05) is 11.3 Å². The summed E-state index contributed by atoms with van der Waals surface area (Å²) >= 11 is 2.02. The number of nitrogens with one attached hydrogen (secondary N) is 1. The molecule has 0 aliphatic heterocycles. The van der Waals surface area contributed by atoms with E-state index < -0.39 is 0 Å². The largest absolute Gasteiger partial charge is 0.316 e. The smallest absolute Gasteiger partial charge is 0.0141 e. The highest BCUT2D eigenvalue weighted by Gasteiger charge is 2.35. The highest BCUT2D eigenvalue weighted by molar-refractivity contribution is 7.11. The van der Waals surface area contributed by atoms with Crippen LogP contribution in [0.15, 0.2) is 12.1 Å². The molecule has 2 heteroatoms. The van der Waals surface area contributed by atoms with Crippen LogP contribution in [0.1, 0.15) is 61.6 Å². The fraction of sp³-hybridized carbons (Fsp3) is 0.789. The maximum absolute atomic E-state index is 3.65. The number of rotatable bonds is 5. The van der Waals surface area contributed by atoms with Crippen LogP contribution >= 0.6 is 11.3 Å². The first-order valence-electron chi connectivity index (χ1n) is 9.05. The van der Waals surface area contributed by atoms with E-state index in [2.05, 4.69) is 31.4 Å². The summed E-state index contributed by atoms with van der Waals surface area (Å²) in [7, 11) is 2.17. The van der Waals surface area contributed by atoms with E-state index in [1.165, 1.54) is 62.7 Å². The number of thiophene rings is 1. The van der Waals surface area contributed by atoms with Crippen molar-refractivity contribution in [1.29, 1.82) is 0 Å². The Balaban J connectivity index is 1.60. The van der Waals surface area contributed by atoms with Crippen LogP contribution < -0.4 is 5.32 Å². The SMILES string of the molecule is CCc1ccc(CC(NC)C2CCC3CCCCC3C2)s1. The second-order valence-corrected chi connectivity index (χ2v) is 8.45. The van der Waals surface area contributed by atoms with Crippen LogP contribution in [0.2, 0.25) is 0 Å². The highest BCUT2D eigenvalue weighted by atomic mass is 32.1. The monoisotopic (exact) mass is 305 g/mol. The van der Waals surface area contributed by atoms with Crippen molar-refractivity contribution in [1.82, 2.24) is 5.32 Å². The Morgan fingerprint density at radius 2 is 1.86 bits per heavy atom. The van der Waals surface area contributed by atoms with Crippen molar-refractivity contribution in [2.45, 2.75) is 70.8 Å². The van der Waals surface area contributed by atoms with Gasteiger partial charge in [-0.3, -0.25) is 0 Å². The van der Waals surface area contributed by atoms with Gasteiger partial charge in [0.15, 0.2) is 0 Å². The molecule has 0 amide bonds. The maximum Gasteiger partial charge on any atom is 0.0141 e. The van der Waals surface area contributed by atoms with Crippen LogP contribution in [0.25, 0.3) is 0 Å². The van der Waals surface area contributed by atoms with Gasteiger partial charge in [0.1, 0.15) is 0 Å². The van der Waals surface area contributed by atoms with Crippen LogP contribution in [0, 0.1) is 17.8 Å². The molecule has 1 aromatic heterocycles. The molecule has 1 aromatic rings. The first kappa shape index (κ1) is 15.6. The van der Waals surface area contributed by atoms with E-state index >= 15 is 0 Å². The lowest BCUT2D eigenvalue weighted by Gasteiger charge is -2.42. The lowest BCUT2D eigenvalue weighted by atomic mass is 9.66. The third-order valence-corrected chi connectivity index (χ3v) is 7.26. The summed E-state index contributed by atoms with van der Waals surface area (Å²) in [5.74, 6) is 3.02. The van der Waals surface area contributed by atoms with E-state index in [1.54, 1.807) is 4.88 Å². The second-order valence-electron chi connectivity index (χ2n) is 7.20. The van der Waals surface area contributed by atoms with Gasteiger partial charge in [-0.1, -0.05) is 32.6 Å². The number of likely N-dealkylation sites (N-methyl/N-ethyl adjacent to an activating group) is 1. The number of fused-ring (bicyclic) bond motifs is 1. The first-order chi connectivity index (χ1) is 10.3. The van der Waals surface area contributed by atoms with E-state index in [0.717, 1.165) is 17.8 Å². The van der Waals surface area contributed by atoms with Crippen molar-refractivity contribution >= 4 is 11.3 Å². The molecular weight excluding hydrogens is 274 g/mol. The van der Waals surface area contributed by atoms with Crippen molar-refractivity contribution in [2.24, 2.45) is 17.8 Å². The molecule has 118 valence electrons. The third-order valence-electron chi connectivity index (χ3n) is 6.01. The summed E-state index contributed by atoms with van der Waals surface area (Å²) in [6.07, 6.45) is 12.9. The molecule has 2 fully saturated rings. The summed E-state index contributed by atoms with van der Waals surface area (Å²) < 4.78 is 0. The van der Waals surface area contributed by atoms with Crippen molar-refractivity contribution in [3.63, 3.8) is 0 Å². The van der Waals surface area contributed by atoms with Gasteiger partial charge in [0, 0.05) is 15.8 Å². The molecular formula is C19H31NS. The molecule has 3 rings (SSSR count). The topological polar surface area (TPSA) is 12.0 Å². The van der Waals surface area contributed by atoms with Crippen LogP contribution in [-0.4, -0.2) is 13.1 Å². The second kappa shape index (κ2) is 7.28. The molecule has 2 aliphatic carbocycles. The summed E-state index contributed by atoms with van der Waals surface area (Å²) in [5.41, 5.74) is 0. The van der Waals surface area contributed by atoms with Gasteiger partial charge in [-0.15, -0.1) is 11.3 Å². The molecule has 1 N–H and O–H groups in total. The summed E-state index contributed by atoms with van der Waals surface area (Å²) in [6.45, 7) is 2.26. The van der Waals surface area contributed by atoms with E-state index in [4.69, 9.17) is 0 Å². The van der Waals surface area contributed by atoms with Crippen LogP contribution in [0.3, 0.4) is 0 Å². The summed E-state index contributed by atoms with van der Waals surface area (Å²) in [5, 5.41) is 3.65. The molecule has 0 aromatic carbocycles. The van der Waals surface area contributed by atoms with E-state index in [9.17, 15) is 0 Å². The maximum atomic E-state index is 3.65. The lowest BCUT2D eigenvalue weighted by molar-refractivity contribution is 0.111. The fourth-order valence-corrected chi connectivity index (χ4v) is 5.73. The molecule has 4 atom stereocenters. The Morgan fingerprint density at radius 1 is 1.10 bits per heavy atom. The van der Waals surface area contributed by atoms with Gasteiger partial charge < -0.3 is 5.32 Å². The van der Waals surface area contributed by atoms with Crippen molar-refractivity contribution in [3.05, 3.63) is 21.9 Å². The zero-order valence-corrected chi connectivity index (χ0v) is 14.6. The van der Waals surface area contributed by atoms with Gasteiger partial charge in [-0.2, -0.15) is 0 Å². The summed E-state index contributed by atoms with van der Waals surface area (Å²) in [4.78, 5) is 3.12. The van der Waals surface area contributed by atoms with Gasteiger partial charge >= 0.3 is 0 Å². The fourth-order valence-electron chi connectivity index (χ4n) is 4.72. The van der Waals surface area contributed by atoms with Gasteiger partial charge in [-0.25, -0.2) is 0 Å². The van der Waals surface area contributed by atoms with Crippen molar-refractivity contribution in [2.75, 3.05) is 7.05 Å². The average molecular weight is 306 g/mol. The molecule has 0 bridgehead atoms. The molecule has 0 radical (unpaired) electrons. The quantitative estimate of drug-likeness (QED) is 0.803. The van der Waals surface area contributed by atoms with Gasteiger partial charge in [-0.05, 0) is 69.0 Å². The first-order valence-corrected chi connectivity index (χ1v) is 9.86. The molecule has 0 saturated heterocycles. The van der Waals surface area contributed by atoms with Crippen molar-refractivity contribution < 1.29 is 0 Å². The number of hydrogen-bond donors (Lipinski definition) is 1. The standard InChI is InChI=1S/C19H31NS/c1-3-17-10-11-18(21-17)13-19(20-2)16-9-8-14-6-4-5-7-15(14)12-16/h10-11,14-16,19-20H,3-9,12-13H2,1-2H3. The molecule has 4 unspecified atom stereocenters. The number of hydrogen-bond acceptors (Lipinski definition) is 2. The Kier molecular flexibility index (Phi) is 5.39. The third kappa shape index (κ3) is 3.71. The Hall–Kier alpha value is -0.340. The van der Waals surface area contributed by atoms with Crippen LogP contribution in [0.5, 0.6) is 0 Å². The Morgan fingerprint density at radius 3 is 2.57 bits per heavy atom. The average Bonchev–Trinajstić information content (AvgIpc) is 3.00. The minimum atomic E-state index is 0.691. The van der Waals surface area contributed by atoms with E-state index in [-0.39, 0.29) is 0 Å². The van der Waals surface area contributed by atoms with Gasteiger partial charge in [0.2, 0.25) is 0 Å². The molecule has 2 aliphatic rings. The van der Waals surface area contributed by atoms with Crippen LogP contribution in [0.4, 0.5) is 0 Å². The predicted molar refractivity (Wildman–Crippen MR) is 93.0 cm³/mol. The number of aryl methyl sites for hydroxylation is 1. The van der Waals surface area contributed by atoms with Crippen LogP contribution in [-0.2, 0) is 12.8 Å². The Bertz CT molecular complexity index is 439. The highest BCUT2D eigenvalue weighted by Crippen LogP contribution is 2.44.